The Bertz CT molecular complexity index is 1060. The van der Waals surface area contributed by atoms with Gasteiger partial charge in [0.25, 0.3) is 5.97 Å². The molecule has 9 nitrogen and oxygen atoms in total. The lowest BCUT2D eigenvalue weighted by molar-refractivity contribution is -0.429. The second-order valence-electron chi connectivity index (χ2n) is 13.5. The molecule has 13 atom stereocenters. The fourth-order valence-electron chi connectivity index (χ4n) is 9.41. The molecule has 0 radical (unpaired) electrons. The number of ketones is 1. The molecule has 4 aliphatic heterocycles. The van der Waals surface area contributed by atoms with Crippen LogP contribution in [0.3, 0.4) is 0 Å². The van der Waals surface area contributed by atoms with E-state index in [1.165, 1.54) is 0 Å². The number of aliphatic carboxylic acids is 1. The quantitative estimate of drug-likeness (QED) is 0.357. The minimum Gasteiger partial charge on any atom is -0.481 e. The van der Waals surface area contributed by atoms with Crippen molar-refractivity contribution in [2.75, 3.05) is 6.61 Å². The van der Waals surface area contributed by atoms with E-state index in [1.54, 1.807) is 6.92 Å². The number of carboxylic acids is 1. The predicted molar refractivity (Wildman–Crippen MR) is 138 cm³/mol. The minimum atomic E-state index is -1.60. The van der Waals surface area contributed by atoms with E-state index >= 15 is 0 Å². The maximum Gasteiger partial charge on any atom is 0.306 e. The fraction of sp³-hybridized carbons (Fsp3) is 0.867. The lowest BCUT2D eigenvalue weighted by atomic mass is 9.51. The van der Waals surface area contributed by atoms with Gasteiger partial charge >= 0.3 is 5.97 Å². The van der Waals surface area contributed by atoms with E-state index in [2.05, 4.69) is 6.58 Å². The topological polar surface area (TPSA) is 135 Å². The summed E-state index contributed by atoms with van der Waals surface area (Å²) in [5.41, 5.74) is -2.75. The first-order valence-electron chi connectivity index (χ1n) is 14.9. The van der Waals surface area contributed by atoms with Crippen molar-refractivity contribution in [3.8, 4) is 0 Å². The molecule has 3 bridgehead atoms. The molecular formula is C30H44O9. The predicted octanol–water partition coefficient (Wildman–Crippen LogP) is 3.20. The molecule has 1 unspecified atom stereocenters. The molecule has 218 valence electrons. The van der Waals surface area contributed by atoms with Crippen LogP contribution in [0, 0.1) is 35.5 Å². The molecule has 39 heavy (non-hydrogen) atoms. The highest BCUT2D eigenvalue weighted by Gasteiger charge is 2.86. The zero-order chi connectivity index (χ0) is 28.1. The summed E-state index contributed by atoms with van der Waals surface area (Å²) in [4.78, 5) is 27.2. The number of epoxide rings is 1. The zero-order valence-corrected chi connectivity index (χ0v) is 23.6. The molecule has 0 amide bonds. The molecule has 2 aliphatic carbocycles. The van der Waals surface area contributed by atoms with Crippen LogP contribution in [0.15, 0.2) is 12.2 Å². The van der Waals surface area contributed by atoms with Crippen LogP contribution < -0.4 is 0 Å². The summed E-state index contributed by atoms with van der Waals surface area (Å²) >= 11 is 0. The van der Waals surface area contributed by atoms with Gasteiger partial charge in [0, 0.05) is 12.3 Å². The van der Waals surface area contributed by atoms with Crippen molar-refractivity contribution in [2.45, 2.75) is 120 Å². The van der Waals surface area contributed by atoms with Gasteiger partial charge in [0.05, 0.1) is 24.0 Å². The van der Waals surface area contributed by atoms with Gasteiger partial charge in [0.1, 0.15) is 23.9 Å². The molecular weight excluding hydrogens is 504 g/mol. The van der Waals surface area contributed by atoms with Gasteiger partial charge in [0.15, 0.2) is 11.4 Å². The molecule has 4 heterocycles. The van der Waals surface area contributed by atoms with Gasteiger partial charge in [-0.05, 0) is 43.1 Å². The van der Waals surface area contributed by atoms with E-state index in [-0.39, 0.29) is 11.8 Å². The van der Waals surface area contributed by atoms with Gasteiger partial charge < -0.3 is 34.3 Å². The smallest absolute Gasteiger partial charge is 0.306 e. The molecule has 3 N–H and O–H groups in total. The van der Waals surface area contributed by atoms with E-state index in [4.69, 9.17) is 18.9 Å². The standard InChI is InChI=1S/C30H44O9/c1-15(2)27-13-17(4)30-20-19(18(5)26(34)35)16(3)11-9-7-6-8-10-12-29(38-27,39-30)37-24(27)21(30)25-28(14-31,36-25)23(33)22(20)32/h16-21,23-25,31,33H,1,6-14H2,2-5H3,(H,34,35)/t16-,17-,18+,19+,20-,21-,23+,24-,25+,27-,28-,29?,30+/m1/s1. The zero-order valence-electron chi connectivity index (χ0n) is 23.6. The number of hydrogen-bond donors (Lipinski definition) is 3. The number of aliphatic hydroxyl groups excluding tert-OH is 2. The van der Waals surface area contributed by atoms with E-state index in [0.29, 0.717) is 12.8 Å². The Morgan fingerprint density at radius 2 is 1.79 bits per heavy atom. The Morgan fingerprint density at radius 3 is 2.46 bits per heavy atom. The Morgan fingerprint density at radius 1 is 1.10 bits per heavy atom. The van der Waals surface area contributed by atoms with Crippen LogP contribution >= 0.6 is 0 Å². The maximum atomic E-state index is 14.6. The van der Waals surface area contributed by atoms with Crippen molar-refractivity contribution in [3.63, 3.8) is 0 Å². The molecule has 9 heteroatoms. The minimum absolute atomic E-state index is 0.116. The second-order valence-corrected chi connectivity index (χ2v) is 13.5. The molecule has 4 saturated heterocycles. The monoisotopic (exact) mass is 548 g/mol. The Hall–Kier alpha value is -1.36. The number of carbonyl (C=O) groups is 2. The number of hydrogen-bond acceptors (Lipinski definition) is 8. The van der Waals surface area contributed by atoms with Crippen molar-refractivity contribution >= 4 is 11.8 Å². The molecule has 2 spiro atoms. The average Bonchev–Trinajstić information content (AvgIpc) is 3.58. The van der Waals surface area contributed by atoms with Crippen molar-refractivity contribution in [1.29, 1.82) is 0 Å². The summed E-state index contributed by atoms with van der Waals surface area (Å²) < 4.78 is 26.8. The van der Waals surface area contributed by atoms with Gasteiger partial charge in [-0.3, -0.25) is 9.59 Å². The first-order valence-corrected chi connectivity index (χ1v) is 14.9. The van der Waals surface area contributed by atoms with Crippen LogP contribution in [-0.2, 0) is 28.5 Å². The third-order valence-corrected chi connectivity index (χ3v) is 11.4. The van der Waals surface area contributed by atoms with Crippen LogP contribution in [0.5, 0.6) is 0 Å². The van der Waals surface area contributed by atoms with Crippen LogP contribution in [0.4, 0.5) is 0 Å². The number of aliphatic hydroxyl groups is 2. The van der Waals surface area contributed by atoms with Crippen LogP contribution in [0.25, 0.3) is 0 Å². The molecule has 0 aromatic carbocycles. The Labute approximate surface area is 230 Å². The van der Waals surface area contributed by atoms with E-state index in [9.17, 15) is 24.9 Å². The first-order chi connectivity index (χ1) is 18.4. The summed E-state index contributed by atoms with van der Waals surface area (Å²) in [5, 5.41) is 32.4. The van der Waals surface area contributed by atoms with E-state index < -0.39 is 83.1 Å². The van der Waals surface area contributed by atoms with Gasteiger partial charge in [-0.1, -0.05) is 59.5 Å². The molecule has 6 rings (SSSR count). The van der Waals surface area contributed by atoms with Gasteiger partial charge in [-0.25, -0.2) is 0 Å². The summed E-state index contributed by atoms with van der Waals surface area (Å²) in [6, 6.07) is 0. The summed E-state index contributed by atoms with van der Waals surface area (Å²) in [6.07, 6.45) is 3.67. The van der Waals surface area contributed by atoms with Crippen molar-refractivity contribution < 1.29 is 43.9 Å². The lowest BCUT2D eigenvalue weighted by Crippen LogP contribution is -2.72. The second kappa shape index (κ2) is 9.07. The largest absolute Gasteiger partial charge is 0.481 e. The van der Waals surface area contributed by atoms with Gasteiger partial charge in [-0.15, -0.1) is 0 Å². The highest BCUT2D eigenvalue weighted by molar-refractivity contribution is 5.90. The number of Topliss-reactive ketones (excluding diaryl/α,β-unsaturated/α-hetero) is 1. The SMILES string of the molecule is C=C(C)[C@]12C[C@@H](C)[C@]34OC5(CCCCCCC[C@@H](C)[C@@H]([C@H](C)C(=O)O)[C@@H]3C(=O)[C@H](O)[C@@]3(CO)O[C@H]3[C@H]4[C@H]1O5)O2. The Kier molecular flexibility index (Phi) is 6.46. The Balaban J connectivity index is 1.62. The fourth-order valence-corrected chi connectivity index (χ4v) is 9.41. The van der Waals surface area contributed by atoms with E-state index in [1.807, 2.05) is 20.8 Å². The van der Waals surface area contributed by atoms with Crippen molar-refractivity contribution in [2.24, 2.45) is 35.5 Å². The number of ether oxygens (including phenoxy) is 4. The molecule has 6 aliphatic rings. The average molecular weight is 549 g/mol. The van der Waals surface area contributed by atoms with Crippen LogP contribution in [0.1, 0.15) is 79.1 Å². The van der Waals surface area contributed by atoms with Crippen molar-refractivity contribution in [1.82, 2.24) is 0 Å². The third-order valence-electron chi connectivity index (χ3n) is 11.4. The van der Waals surface area contributed by atoms with Crippen LogP contribution in [-0.4, -0.2) is 74.8 Å². The van der Waals surface area contributed by atoms with Gasteiger partial charge in [-0.2, -0.15) is 0 Å². The normalized spacial score (nSPS) is 53.4. The third kappa shape index (κ3) is 3.53. The van der Waals surface area contributed by atoms with Gasteiger partial charge in [0.2, 0.25) is 0 Å². The lowest BCUT2D eigenvalue weighted by Gasteiger charge is -2.60. The number of rotatable bonds is 4. The van der Waals surface area contributed by atoms with Crippen molar-refractivity contribution in [3.05, 3.63) is 12.2 Å². The highest BCUT2D eigenvalue weighted by Crippen LogP contribution is 2.71. The summed E-state index contributed by atoms with van der Waals surface area (Å²) in [7, 11) is 0. The highest BCUT2D eigenvalue weighted by atomic mass is 16.9. The summed E-state index contributed by atoms with van der Waals surface area (Å²) in [6.45, 7) is 11.4. The molecule has 0 aromatic rings. The summed E-state index contributed by atoms with van der Waals surface area (Å²) in [5.74, 6) is -6.22. The number of carbonyl (C=O) groups excluding carboxylic acids is 1. The first kappa shape index (κ1) is 27.8. The maximum absolute atomic E-state index is 14.6. The number of carboxylic acid groups (broad SMARTS) is 1. The van der Waals surface area contributed by atoms with Crippen LogP contribution in [0.2, 0.25) is 0 Å². The molecule has 0 aromatic heterocycles. The number of fused-ring (bicyclic) bond motifs is 1. The van der Waals surface area contributed by atoms with E-state index in [0.717, 1.165) is 44.1 Å². The molecule has 6 fully saturated rings. The molecule has 2 saturated carbocycles.